The zero-order valence-corrected chi connectivity index (χ0v) is 9.25. The number of halogens is 1. The Morgan fingerprint density at radius 3 is 2.71 bits per heavy atom. The fourth-order valence-corrected chi connectivity index (χ4v) is 1.63. The molecule has 0 saturated heterocycles. The zero-order valence-electron chi connectivity index (χ0n) is 8.49. The number of hydrogen-bond acceptors (Lipinski definition) is 4. The summed E-state index contributed by atoms with van der Waals surface area (Å²) in [7, 11) is 3.44. The molecule has 14 heavy (non-hydrogen) atoms. The highest BCUT2D eigenvalue weighted by Gasteiger charge is 2.23. The van der Waals surface area contributed by atoms with Crippen molar-refractivity contribution < 1.29 is 4.74 Å². The van der Waals surface area contributed by atoms with Gasteiger partial charge in [-0.3, -0.25) is 10.5 Å². The second kappa shape index (κ2) is 4.75. The largest absolute Gasteiger partial charge is 0.380 e. The third kappa shape index (κ3) is 2.06. The summed E-state index contributed by atoms with van der Waals surface area (Å²) < 4.78 is 6.88. The van der Waals surface area contributed by atoms with Crippen LogP contribution in [-0.2, 0) is 11.8 Å². The van der Waals surface area contributed by atoms with E-state index in [4.69, 9.17) is 22.2 Å². The van der Waals surface area contributed by atoms with Crippen LogP contribution in [0, 0.1) is 0 Å². The normalized spacial score (nSPS) is 15.5. The van der Waals surface area contributed by atoms with Gasteiger partial charge in [0.05, 0.1) is 29.1 Å². The van der Waals surface area contributed by atoms with Gasteiger partial charge in [-0.15, -0.1) is 0 Å². The van der Waals surface area contributed by atoms with E-state index in [-0.39, 0.29) is 12.1 Å². The molecule has 1 aromatic heterocycles. The Morgan fingerprint density at radius 2 is 2.36 bits per heavy atom. The highest BCUT2D eigenvalue weighted by atomic mass is 35.5. The Balaban J connectivity index is 2.99. The van der Waals surface area contributed by atoms with Gasteiger partial charge in [0.2, 0.25) is 0 Å². The van der Waals surface area contributed by atoms with Crippen molar-refractivity contribution in [2.75, 3.05) is 7.11 Å². The zero-order chi connectivity index (χ0) is 10.7. The first-order valence-electron chi connectivity index (χ1n) is 4.28. The van der Waals surface area contributed by atoms with Crippen LogP contribution >= 0.6 is 11.6 Å². The van der Waals surface area contributed by atoms with E-state index in [1.165, 1.54) is 0 Å². The molecule has 0 spiro atoms. The predicted octanol–water partition coefficient (Wildman–Crippen LogP) is 0.613. The highest BCUT2D eigenvalue weighted by molar-refractivity contribution is 6.31. The minimum absolute atomic E-state index is 0.0760. The fraction of sp³-hybridized carbons (Fsp3) is 0.625. The maximum Gasteiger partial charge on any atom is 0.0902 e. The van der Waals surface area contributed by atoms with E-state index >= 15 is 0 Å². The summed E-state index contributed by atoms with van der Waals surface area (Å²) in [6.07, 6.45) is 1.51. The molecule has 0 amide bonds. The third-order valence-corrected chi connectivity index (χ3v) is 2.54. The minimum atomic E-state index is -0.167. The van der Waals surface area contributed by atoms with E-state index in [1.807, 2.05) is 14.0 Å². The van der Waals surface area contributed by atoms with E-state index in [2.05, 4.69) is 10.5 Å². The van der Waals surface area contributed by atoms with Crippen LogP contribution in [-0.4, -0.2) is 23.0 Å². The lowest BCUT2D eigenvalue weighted by atomic mass is 10.1. The minimum Gasteiger partial charge on any atom is -0.380 e. The first-order valence-corrected chi connectivity index (χ1v) is 4.66. The molecule has 2 atom stereocenters. The number of aromatic nitrogens is 2. The average Bonchev–Trinajstić information content (AvgIpc) is 2.50. The SMILES string of the molecule is COC(C)C(NN)c1c(Cl)cnn1C. The van der Waals surface area contributed by atoms with E-state index in [0.717, 1.165) is 5.69 Å². The molecule has 0 saturated carbocycles. The van der Waals surface area contributed by atoms with Gasteiger partial charge < -0.3 is 4.74 Å². The Morgan fingerprint density at radius 1 is 1.71 bits per heavy atom. The molecule has 0 aliphatic heterocycles. The first kappa shape index (κ1) is 11.5. The van der Waals surface area contributed by atoms with Gasteiger partial charge >= 0.3 is 0 Å². The summed E-state index contributed by atoms with van der Waals surface area (Å²) in [4.78, 5) is 0. The lowest BCUT2D eigenvalue weighted by Crippen LogP contribution is -2.37. The number of hydrogen-bond donors (Lipinski definition) is 2. The number of nitrogens with one attached hydrogen (secondary N) is 1. The van der Waals surface area contributed by atoms with Crippen LogP contribution in [0.3, 0.4) is 0 Å². The fourth-order valence-electron chi connectivity index (χ4n) is 1.34. The predicted molar refractivity (Wildman–Crippen MR) is 54.8 cm³/mol. The topological polar surface area (TPSA) is 65.1 Å². The summed E-state index contributed by atoms with van der Waals surface area (Å²) in [5.74, 6) is 5.45. The van der Waals surface area contributed by atoms with Crippen LogP contribution in [0.2, 0.25) is 5.02 Å². The number of hydrazine groups is 1. The summed E-state index contributed by atoms with van der Waals surface area (Å²) >= 11 is 5.99. The molecule has 3 N–H and O–H groups in total. The van der Waals surface area contributed by atoms with Crippen LogP contribution in [0.1, 0.15) is 18.7 Å². The maximum atomic E-state index is 5.99. The van der Waals surface area contributed by atoms with E-state index < -0.39 is 0 Å². The van der Waals surface area contributed by atoms with Crippen LogP contribution in [0.4, 0.5) is 0 Å². The first-order chi connectivity index (χ1) is 6.61. The molecule has 5 nitrogen and oxygen atoms in total. The lowest BCUT2D eigenvalue weighted by Gasteiger charge is -2.22. The molecule has 0 aromatic carbocycles. The molecule has 1 heterocycles. The van der Waals surface area contributed by atoms with Gasteiger partial charge in [-0.1, -0.05) is 11.6 Å². The Bertz CT molecular complexity index is 282. The van der Waals surface area contributed by atoms with Gasteiger partial charge in [-0.25, -0.2) is 5.43 Å². The molecule has 0 bridgehead atoms. The third-order valence-electron chi connectivity index (χ3n) is 2.25. The average molecular weight is 219 g/mol. The van der Waals surface area contributed by atoms with E-state index in [9.17, 15) is 0 Å². The molecule has 0 radical (unpaired) electrons. The molecule has 1 aromatic rings. The molecular formula is C8H15ClN4O. The molecular weight excluding hydrogens is 204 g/mol. The second-order valence-electron chi connectivity index (χ2n) is 3.09. The quantitative estimate of drug-likeness (QED) is 0.574. The van der Waals surface area contributed by atoms with Gasteiger partial charge in [-0.05, 0) is 6.92 Å². The van der Waals surface area contributed by atoms with Gasteiger partial charge in [0.25, 0.3) is 0 Å². The second-order valence-corrected chi connectivity index (χ2v) is 3.49. The summed E-state index contributed by atoms with van der Waals surface area (Å²) in [6, 6.07) is -0.167. The van der Waals surface area contributed by atoms with Crippen molar-refractivity contribution in [2.45, 2.75) is 19.1 Å². The van der Waals surface area contributed by atoms with Crippen molar-refractivity contribution in [1.82, 2.24) is 15.2 Å². The molecule has 0 aliphatic carbocycles. The molecule has 0 fully saturated rings. The van der Waals surface area contributed by atoms with E-state index in [0.29, 0.717) is 5.02 Å². The molecule has 0 aliphatic rings. The van der Waals surface area contributed by atoms with Crippen molar-refractivity contribution in [3.63, 3.8) is 0 Å². The smallest absolute Gasteiger partial charge is 0.0902 e. The Hall–Kier alpha value is -0.620. The van der Waals surface area contributed by atoms with E-state index in [1.54, 1.807) is 18.0 Å². The van der Waals surface area contributed by atoms with Crippen molar-refractivity contribution in [3.8, 4) is 0 Å². The molecule has 6 heteroatoms. The number of nitrogens with two attached hydrogens (primary N) is 1. The number of methoxy groups -OCH3 is 1. The number of ether oxygens (including phenoxy) is 1. The van der Waals surface area contributed by atoms with Crippen LogP contribution in [0.5, 0.6) is 0 Å². The monoisotopic (exact) mass is 218 g/mol. The van der Waals surface area contributed by atoms with Crippen molar-refractivity contribution in [1.29, 1.82) is 0 Å². The van der Waals surface area contributed by atoms with Gasteiger partial charge in [0.1, 0.15) is 0 Å². The van der Waals surface area contributed by atoms with Crippen LogP contribution in [0.25, 0.3) is 0 Å². The van der Waals surface area contributed by atoms with Gasteiger partial charge in [0, 0.05) is 14.2 Å². The van der Waals surface area contributed by atoms with Crippen LogP contribution < -0.4 is 11.3 Å². The summed E-state index contributed by atoms with van der Waals surface area (Å²) in [5.41, 5.74) is 3.49. The number of rotatable bonds is 4. The number of aryl methyl sites for hydroxylation is 1. The number of nitrogens with zero attached hydrogens (tertiary/aromatic N) is 2. The Kier molecular flexibility index (Phi) is 3.88. The van der Waals surface area contributed by atoms with Crippen molar-refractivity contribution in [3.05, 3.63) is 16.9 Å². The molecule has 2 unspecified atom stereocenters. The summed E-state index contributed by atoms with van der Waals surface area (Å²) in [5, 5.41) is 4.62. The molecule has 1 rings (SSSR count). The lowest BCUT2D eigenvalue weighted by molar-refractivity contribution is 0.0804. The van der Waals surface area contributed by atoms with Crippen molar-refractivity contribution in [2.24, 2.45) is 12.9 Å². The molecule has 80 valence electrons. The highest BCUT2D eigenvalue weighted by Crippen LogP contribution is 2.24. The van der Waals surface area contributed by atoms with Gasteiger partial charge in [-0.2, -0.15) is 5.10 Å². The van der Waals surface area contributed by atoms with Gasteiger partial charge in [0.15, 0.2) is 0 Å². The summed E-state index contributed by atoms with van der Waals surface area (Å²) in [6.45, 7) is 1.91. The standard InChI is InChI=1S/C8H15ClN4O/c1-5(14-3)7(12-10)8-6(9)4-11-13(8)2/h4-5,7,12H,10H2,1-3H3. The van der Waals surface area contributed by atoms with Crippen LogP contribution in [0.15, 0.2) is 6.20 Å². The maximum absolute atomic E-state index is 5.99. The van der Waals surface area contributed by atoms with Crippen molar-refractivity contribution >= 4 is 11.6 Å². The Labute approximate surface area is 88.1 Å².